The molecule has 1 saturated heterocycles. The Labute approximate surface area is 113 Å². The van der Waals surface area contributed by atoms with Crippen LogP contribution in [0.1, 0.15) is 33.1 Å². The summed E-state index contributed by atoms with van der Waals surface area (Å²) in [4.78, 5) is 24.3. The van der Waals surface area contributed by atoms with Crippen molar-refractivity contribution < 1.29 is 23.1 Å². The molecular weight excluding hydrogens is 272 g/mol. The second-order valence-electron chi connectivity index (χ2n) is 4.69. The lowest BCUT2D eigenvalue weighted by molar-refractivity contribution is -0.148. The van der Waals surface area contributed by atoms with E-state index in [1.54, 1.807) is 6.92 Å². The monoisotopic (exact) mass is 292 g/mol. The zero-order chi connectivity index (χ0) is 14.6. The Morgan fingerprint density at radius 1 is 1.47 bits per heavy atom. The number of carboxylic acids is 1. The lowest BCUT2D eigenvalue weighted by Gasteiger charge is -2.25. The van der Waals surface area contributed by atoms with Crippen LogP contribution in [0.4, 0.5) is 0 Å². The minimum Gasteiger partial charge on any atom is -0.480 e. The van der Waals surface area contributed by atoms with E-state index in [4.69, 9.17) is 5.11 Å². The first-order valence-corrected chi connectivity index (χ1v) is 7.97. The average molecular weight is 292 g/mol. The fraction of sp³-hybridized carbons (Fsp3) is 0.818. The topological polar surface area (TPSA) is 104 Å². The molecule has 1 aliphatic rings. The Morgan fingerprint density at radius 2 is 2.11 bits per heavy atom. The molecule has 0 aliphatic carbocycles. The molecule has 0 saturated carbocycles. The maximum absolute atomic E-state index is 12.1. The summed E-state index contributed by atoms with van der Waals surface area (Å²) in [5.74, 6) is -1.58. The minimum atomic E-state index is -3.49. The van der Waals surface area contributed by atoms with Gasteiger partial charge >= 0.3 is 5.97 Å². The number of carbonyl (C=O) groups excluding carboxylic acids is 1. The number of sulfonamides is 1. The molecule has 19 heavy (non-hydrogen) atoms. The lowest BCUT2D eigenvalue weighted by atomic mass is 10.2. The van der Waals surface area contributed by atoms with Crippen LogP contribution >= 0.6 is 0 Å². The highest BCUT2D eigenvalue weighted by molar-refractivity contribution is 7.89. The molecule has 1 rings (SSSR count). The molecule has 110 valence electrons. The van der Waals surface area contributed by atoms with E-state index in [0.717, 1.165) is 0 Å². The molecule has 7 nitrogen and oxygen atoms in total. The number of hydrogen-bond donors (Lipinski definition) is 2. The number of aliphatic carboxylic acids is 1. The third-order valence-electron chi connectivity index (χ3n) is 3.02. The van der Waals surface area contributed by atoms with Gasteiger partial charge < -0.3 is 10.0 Å². The number of nitrogens with zero attached hydrogens (tertiary/aromatic N) is 1. The van der Waals surface area contributed by atoms with E-state index in [0.29, 0.717) is 25.8 Å². The number of nitrogens with one attached hydrogen (secondary N) is 1. The van der Waals surface area contributed by atoms with Gasteiger partial charge in [-0.3, -0.25) is 4.79 Å². The van der Waals surface area contributed by atoms with Crippen LogP contribution in [0.25, 0.3) is 0 Å². The molecule has 0 aromatic heterocycles. The van der Waals surface area contributed by atoms with Crippen molar-refractivity contribution in [2.24, 2.45) is 0 Å². The van der Waals surface area contributed by atoms with E-state index >= 15 is 0 Å². The molecule has 1 heterocycles. The summed E-state index contributed by atoms with van der Waals surface area (Å²) in [7, 11) is -3.49. The Morgan fingerprint density at radius 3 is 2.63 bits per heavy atom. The summed E-state index contributed by atoms with van der Waals surface area (Å²) in [6, 6.07) is -1.78. The number of carboxylic acid groups (broad SMARTS) is 1. The number of amides is 1. The summed E-state index contributed by atoms with van der Waals surface area (Å²) in [5.41, 5.74) is 0. The van der Waals surface area contributed by atoms with Gasteiger partial charge in [0.25, 0.3) is 0 Å². The number of likely N-dealkylation sites (tertiary alicyclic amines) is 1. The maximum Gasteiger partial charge on any atom is 0.326 e. The van der Waals surface area contributed by atoms with Gasteiger partial charge in [-0.1, -0.05) is 6.92 Å². The summed E-state index contributed by atoms with van der Waals surface area (Å²) in [6.45, 7) is 3.52. The van der Waals surface area contributed by atoms with E-state index in [2.05, 4.69) is 4.72 Å². The van der Waals surface area contributed by atoms with Crippen molar-refractivity contribution in [2.75, 3.05) is 12.3 Å². The van der Waals surface area contributed by atoms with Crippen LogP contribution in [0.15, 0.2) is 0 Å². The molecule has 0 aromatic carbocycles. The van der Waals surface area contributed by atoms with Gasteiger partial charge in [0.1, 0.15) is 6.04 Å². The Bertz CT molecular complexity index is 448. The van der Waals surface area contributed by atoms with Crippen molar-refractivity contribution in [3.63, 3.8) is 0 Å². The van der Waals surface area contributed by atoms with Gasteiger partial charge in [0, 0.05) is 6.54 Å². The third-order valence-corrected chi connectivity index (χ3v) is 4.68. The van der Waals surface area contributed by atoms with Crippen LogP contribution < -0.4 is 4.72 Å². The van der Waals surface area contributed by atoms with Crippen LogP contribution in [0.5, 0.6) is 0 Å². The van der Waals surface area contributed by atoms with E-state index in [-0.39, 0.29) is 5.75 Å². The average Bonchev–Trinajstić information content (AvgIpc) is 2.75. The molecule has 0 bridgehead atoms. The highest BCUT2D eigenvalue weighted by Gasteiger charge is 2.36. The number of rotatable bonds is 6. The minimum absolute atomic E-state index is 0.0486. The smallest absolute Gasteiger partial charge is 0.326 e. The fourth-order valence-electron chi connectivity index (χ4n) is 2.18. The molecule has 0 spiro atoms. The fourth-order valence-corrected chi connectivity index (χ4v) is 3.48. The Hall–Kier alpha value is -1.15. The Kier molecular flexibility index (Phi) is 5.30. The molecule has 1 fully saturated rings. The first-order valence-electron chi connectivity index (χ1n) is 6.31. The van der Waals surface area contributed by atoms with Gasteiger partial charge in [0.05, 0.1) is 11.8 Å². The molecule has 2 atom stereocenters. The zero-order valence-corrected chi connectivity index (χ0v) is 11.9. The van der Waals surface area contributed by atoms with Crippen molar-refractivity contribution >= 4 is 21.9 Å². The SMILES string of the molecule is CCCS(=O)(=O)NC(C)C(=O)N1CCCC1C(=O)O. The molecule has 8 heteroatoms. The van der Waals surface area contributed by atoms with Gasteiger partial charge in [0.2, 0.25) is 15.9 Å². The second-order valence-corrected chi connectivity index (χ2v) is 6.56. The van der Waals surface area contributed by atoms with Gasteiger partial charge in [-0.05, 0) is 26.2 Å². The van der Waals surface area contributed by atoms with Crippen LogP contribution in [0.3, 0.4) is 0 Å². The first-order chi connectivity index (χ1) is 8.78. The highest BCUT2D eigenvalue weighted by Crippen LogP contribution is 2.18. The van der Waals surface area contributed by atoms with Crippen LogP contribution in [0, 0.1) is 0 Å². The number of carbonyl (C=O) groups is 2. The number of hydrogen-bond acceptors (Lipinski definition) is 4. The molecule has 1 amide bonds. The maximum atomic E-state index is 12.1. The molecular formula is C11H20N2O5S. The van der Waals surface area contributed by atoms with E-state index < -0.39 is 34.0 Å². The summed E-state index contributed by atoms with van der Waals surface area (Å²) < 4.78 is 25.4. The van der Waals surface area contributed by atoms with Crippen LogP contribution in [0.2, 0.25) is 0 Å². The first kappa shape index (κ1) is 15.9. The summed E-state index contributed by atoms with van der Waals surface area (Å²) in [5, 5.41) is 9.00. The van der Waals surface area contributed by atoms with Crippen LogP contribution in [-0.2, 0) is 19.6 Å². The largest absolute Gasteiger partial charge is 0.480 e. The third kappa shape index (κ3) is 4.17. The molecule has 0 radical (unpaired) electrons. The van der Waals surface area contributed by atoms with Crippen molar-refractivity contribution in [1.29, 1.82) is 0 Å². The quantitative estimate of drug-likeness (QED) is 0.704. The lowest BCUT2D eigenvalue weighted by Crippen LogP contribution is -2.50. The van der Waals surface area contributed by atoms with Crippen molar-refractivity contribution in [3.8, 4) is 0 Å². The van der Waals surface area contributed by atoms with E-state index in [9.17, 15) is 18.0 Å². The second kappa shape index (κ2) is 6.33. The molecule has 2 unspecified atom stereocenters. The van der Waals surface area contributed by atoms with Gasteiger partial charge in [-0.15, -0.1) is 0 Å². The van der Waals surface area contributed by atoms with Gasteiger partial charge in [0.15, 0.2) is 0 Å². The predicted molar refractivity (Wildman–Crippen MR) is 69.0 cm³/mol. The highest BCUT2D eigenvalue weighted by atomic mass is 32.2. The van der Waals surface area contributed by atoms with Crippen molar-refractivity contribution in [1.82, 2.24) is 9.62 Å². The molecule has 1 aliphatic heterocycles. The van der Waals surface area contributed by atoms with Gasteiger partial charge in [-0.25, -0.2) is 17.9 Å². The van der Waals surface area contributed by atoms with Crippen LogP contribution in [-0.4, -0.2) is 54.7 Å². The van der Waals surface area contributed by atoms with E-state index in [1.165, 1.54) is 11.8 Å². The normalized spacial score (nSPS) is 21.4. The molecule has 0 aromatic rings. The molecule has 2 N–H and O–H groups in total. The Balaban J connectivity index is 2.69. The summed E-state index contributed by atoms with van der Waals surface area (Å²) in [6.07, 6.45) is 1.49. The standard InChI is InChI=1S/C11H20N2O5S/c1-3-7-19(17,18)12-8(2)10(14)13-6-4-5-9(13)11(15)16/h8-9,12H,3-7H2,1-2H3,(H,15,16). The van der Waals surface area contributed by atoms with Crippen molar-refractivity contribution in [3.05, 3.63) is 0 Å². The predicted octanol–water partition coefficient (Wildman–Crippen LogP) is -0.220. The summed E-state index contributed by atoms with van der Waals surface area (Å²) >= 11 is 0. The zero-order valence-electron chi connectivity index (χ0n) is 11.1. The van der Waals surface area contributed by atoms with Gasteiger partial charge in [-0.2, -0.15) is 0 Å². The van der Waals surface area contributed by atoms with Crippen molar-refractivity contribution in [2.45, 2.75) is 45.2 Å². The van der Waals surface area contributed by atoms with E-state index in [1.807, 2.05) is 0 Å².